The molecule has 16 heavy (non-hydrogen) atoms. The lowest BCUT2D eigenvalue weighted by molar-refractivity contribution is 0.0343. The normalized spacial score (nSPS) is 20.4. The van der Waals surface area contributed by atoms with Crippen molar-refractivity contribution in [3.63, 3.8) is 0 Å². The van der Waals surface area contributed by atoms with E-state index in [1.165, 1.54) is 12.6 Å². The molecule has 0 amide bonds. The summed E-state index contributed by atoms with van der Waals surface area (Å²) in [5, 5.41) is 10.6. The zero-order chi connectivity index (χ0) is 11.4. The van der Waals surface area contributed by atoms with E-state index in [1.54, 1.807) is 0 Å². The van der Waals surface area contributed by atoms with Crippen LogP contribution in [-0.2, 0) is 4.74 Å². The summed E-state index contributed by atoms with van der Waals surface area (Å²) in [6.45, 7) is 0.807. The van der Waals surface area contributed by atoms with Gasteiger partial charge >= 0.3 is 0 Å². The molecule has 1 aromatic heterocycles. The van der Waals surface area contributed by atoms with Crippen molar-refractivity contribution in [2.45, 2.75) is 25.5 Å². The fourth-order valence-corrected chi connectivity index (χ4v) is 2.03. The van der Waals surface area contributed by atoms with Crippen LogP contribution < -0.4 is 5.32 Å². The third-order valence-corrected chi connectivity index (χ3v) is 2.97. The first kappa shape index (κ1) is 11.5. The van der Waals surface area contributed by atoms with Crippen LogP contribution in [0.1, 0.15) is 25.0 Å². The minimum absolute atomic E-state index is 0.0513. The molecular formula is C11H14BrN3O. The van der Waals surface area contributed by atoms with Crippen LogP contribution >= 0.6 is 15.9 Å². The smallest absolute Gasteiger partial charge is 0.127 e. The summed E-state index contributed by atoms with van der Waals surface area (Å²) in [5.74, 6) is 0. The van der Waals surface area contributed by atoms with Gasteiger partial charge in [-0.05, 0) is 47.3 Å². The number of halogens is 1. The van der Waals surface area contributed by atoms with E-state index < -0.39 is 0 Å². The fraction of sp³-hybridized carbons (Fsp3) is 0.455. The largest absolute Gasteiger partial charge is 0.359 e. The van der Waals surface area contributed by atoms with Crippen molar-refractivity contribution in [1.82, 2.24) is 4.98 Å². The van der Waals surface area contributed by atoms with Gasteiger partial charge < -0.3 is 15.5 Å². The van der Waals surface area contributed by atoms with Crippen molar-refractivity contribution in [3.05, 3.63) is 22.4 Å². The summed E-state index contributed by atoms with van der Waals surface area (Å²) in [7, 11) is 0. The van der Waals surface area contributed by atoms with Gasteiger partial charge in [0.05, 0.1) is 5.69 Å². The van der Waals surface area contributed by atoms with Gasteiger partial charge in [-0.1, -0.05) is 0 Å². The van der Waals surface area contributed by atoms with Crippen LogP contribution in [0.5, 0.6) is 0 Å². The second-order valence-corrected chi connectivity index (χ2v) is 4.52. The van der Waals surface area contributed by atoms with Crippen molar-refractivity contribution >= 4 is 27.8 Å². The molecule has 0 aromatic carbocycles. The van der Waals surface area contributed by atoms with Gasteiger partial charge in [0, 0.05) is 12.8 Å². The van der Waals surface area contributed by atoms with Gasteiger partial charge in [-0.3, -0.25) is 0 Å². The summed E-state index contributed by atoms with van der Waals surface area (Å²) in [6.07, 6.45) is 4.62. The average Bonchev–Trinajstić information content (AvgIpc) is 2.33. The predicted octanol–water partition coefficient (Wildman–Crippen LogP) is 2.78. The van der Waals surface area contributed by atoms with E-state index in [0.717, 1.165) is 29.7 Å². The number of ether oxygens (including phenoxy) is 1. The lowest BCUT2D eigenvalue weighted by Gasteiger charge is -2.24. The highest BCUT2D eigenvalue weighted by Gasteiger charge is 2.14. The van der Waals surface area contributed by atoms with Gasteiger partial charge in [0.2, 0.25) is 0 Å². The molecule has 0 radical (unpaired) electrons. The number of pyridine rings is 1. The molecule has 1 aliphatic heterocycles. The Labute approximate surface area is 103 Å². The number of nitrogens with one attached hydrogen (secondary N) is 2. The topological polar surface area (TPSA) is 58.0 Å². The molecule has 1 aromatic rings. The molecule has 2 N–H and O–H groups in total. The number of rotatable bonds is 3. The van der Waals surface area contributed by atoms with Gasteiger partial charge in [0.15, 0.2) is 0 Å². The Morgan fingerprint density at radius 2 is 2.38 bits per heavy atom. The monoisotopic (exact) mass is 283 g/mol. The summed E-state index contributed by atoms with van der Waals surface area (Å²) in [5.41, 5.74) is 1.48. The Morgan fingerprint density at radius 1 is 1.50 bits per heavy atom. The molecule has 4 nitrogen and oxygen atoms in total. The lowest BCUT2D eigenvalue weighted by Crippen LogP contribution is -2.27. The Kier molecular flexibility index (Phi) is 3.90. The molecular weight excluding hydrogens is 270 g/mol. The quantitative estimate of drug-likeness (QED) is 0.663. The van der Waals surface area contributed by atoms with Crippen LogP contribution in [0.15, 0.2) is 16.7 Å². The summed E-state index contributed by atoms with van der Waals surface area (Å²) >= 11 is 3.29. The van der Waals surface area contributed by atoms with E-state index in [9.17, 15) is 0 Å². The van der Waals surface area contributed by atoms with E-state index in [1.807, 2.05) is 12.1 Å². The van der Waals surface area contributed by atoms with Crippen molar-refractivity contribution in [3.8, 4) is 0 Å². The molecule has 0 bridgehead atoms. The molecule has 86 valence electrons. The molecule has 1 aliphatic rings. The van der Waals surface area contributed by atoms with Gasteiger partial charge in [-0.15, -0.1) is 0 Å². The Balaban J connectivity index is 2.10. The third kappa shape index (κ3) is 2.80. The molecule has 0 saturated carbocycles. The zero-order valence-electron chi connectivity index (χ0n) is 8.87. The van der Waals surface area contributed by atoms with Crippen LogP contribution in [0.3, 0.4) is 0 Å². The predicted molar refractivity (Wildman–Crippen MR) is 67.0 cm³/mol. The lowest BCUT2D eigenvalue weighted by atomic mass is 10.2. The Morgan fingerprint density at radius 3 is 3.06 bits per heavy atom. The van der Waals surface area contributed by atoms with Crippen LogP contribution in [0.4, 0.5) is 5.69 Å². The Bertz CT molecular complexity index is 377. The van der Waals surface area contributed by atoms with Crippen LogP contribution in [0, 0.1) is 5.41 Å². The molecule has 1 saturated heterocycles. The highest BCUT2D eigenvalue weighted by molar-refractivity contribution is 9.10. The number of aromatic nitrogens is 1. The van der Waals surface area contributed by atoms with Gasteiger partial charge in [0.1, 0.15) is 16.5 Å². The molecule has 2 heterocycles. The summed E-state index contributed by atoms with van der Waals surface area (Å²) in [6, 6.07) is 3.77. The number of hydrogen-bond donors (Lipinski definition) is 2. The first-order valence-electron chi connectivity index (χ1n) is 5.35. The van der Waals surface area contributed by atoms with Crippen molar-refractivity contribution < 1.29 is 4.74 Å². The average molecular weight is 284 g/mol. The van der Waals surface area contributed by atoms with E-state index in [2.05, 4.69) is 26.2 Å². The van der Waals surface area contributed by atoms with Gasteiger partial charge in [-0.25, -0.2) is 4.98 Å². The molecule has 5 heteroatoms. The number of nitrogens with zero attached hydrogens (tertiary/aromatic N) is 1. The minimum Gasteiger partial charge on any atom is -0.359 e. The first-order chi connectivity index (χ1) is 7.79. The second kappa shape index (κ2) is 5.41. The highest BCUT2D eigenvalue weighted by Crippen LogP contribution is 2.20. The molecule has 0 spiro atoms. The van der Waals surface area contributed by atoms with Gasteiger partial charge in [-0.2, -0.15) is 0 Å². The van der Waals surface area contributed by atoms with Crippen molar-refractivity contribution in [2.24, 2.45) is 0 Å². The molecule has 2 rings (SSSR count). The number of hydrogen-bond acceptors (Lipinski definition) is 4. The van der Waals surface area contributed by atoms with Gasteiger partial charge in [0.25, 0.3) is 0 Å². The molecule has 1 fully saturated rings. The maximum Gasteiger partial charge on any atom is 0.127 e. The van der Waals surface area contributed by atoms with E-state index in [0.29, 0.717) is 5.69 Å². The van der Waals surface area contributed by atoms with E-state index in [4.69, 9.17) is 10.1 Å². The van der Waals surface area contributed by atoms with E-state index >= 15 is 0 Å². The maximum atomic E-state index is 7.31. The molecule has 1 unspecified atom stereocenters. The van der Waals surface area contributed by atoms with Crippen LogP contribution in [0.2, 0.25) is 0 Å². The minimum atomic E-state index is 0.0513. The highest BCUT2D eigenvalue weighted by atomic mass is 79.9. The van der Waals surface area contributed by atoms with Crippen LogP contribution in [-0.4, -0.2) is 24.0 Å². The van der Waals surface area contributed by atoms with Crippen molar-refractivity contribution in [2.75, 3.05) is 11.9 Å². The zero-order valence-corrected chi connectivity index (χ0v) is 10.5. The van der Waals surface area contributed by atoms with E-state index in [-0.39, 0.29) is 6.23 Å². The fourth-order valence-electron chi connectivity index (χ4n) is 1.71. The SMILES string of the molecule is N=Cc1nc(Br)ccc1NC1CCCCO1. The third-order valence-electron chi connectivity index (χ3n) is 2.52. The summed E-state index contributed by atoms with van der Waals surface area (Å²) in [4.78, 5) is 4.21. The molecule has 1 atom stereocenters. The maximum absolute atomic E-state index is 7.31. The molecule has 0 aliphatic carbocycles. The second-order valence-electron chi connectivity index (χ2n) is 3.71. The summed E-state index contributed by atoms with van der Waals surface area (Å²) < 4.78 is 6.32. The number of anilines is 1. The van der Waals surface area contributed by atoms with Crippen molar-refractivity contribution in [1.29, 1.82) is 5.41 Å². The Hall–Kier alpha value is -0.940. The first-order valence-corrected chi connectivity index (χ1v) is 6.14. The van der Waals surface area contributed by atoms with Crippen LogP contribution in [0.25, 0.3) is 0 Å². The standard InChI is InChI=1S/C11H14BrN3O/c12-10-5-4-8(9(7-13)14-10)15-11-3-1-2-6-16-11/h4-5,7,11,13,15H,1-3,6H2.